The van der Waals surface area contributed by atoms with Gasteiger partial charge >= 0.3 is 4.38 Å². The Morgan fingerprint density at radius 3 is 1.96 bits per heavy atom. The van der Waals surface area contributed by atoms with Crippen molar-refractivity contribution in [2.45, 2.75) is 102 Å². The summed E-state index contributed by atoms with van der Waals surface area (Å²) in [6.45, 7) is 6.39. The van der Waals surface area contributed by atoms with Gasteiger partial charge < -0.3 is 5.53 Å². The Morgan fingerprint density at radius 2 is 1.50 bits per heavy atom. The number of hydrogen-bond acceptors (Lipinski definition) is 4. The van der Waals surface area contributed by atoms with Gasteiger partial charge in [-0.05, 0) is 52.4 Å². The van der Waals surface area contributed by atoms with E-state index in [4.69, 9.17) is 5.53 Å². The number of nitrogens with zero attached hydrogens (tertiary/aromatic N) is 2. The Labute approximate surface area is 159 Å². The Bertz CT molecular complexity index is 707. The third kappa shape index (κ3) is 5.64. The standard InChI is InChI=1S/C18H34N2O4S2/c1-5-6-7-8-9-10-15-11-13-16(14-12-15)25(21,22)17(20-19)26(23,24)18(2,3)4/h15-16H,5-14H2,1-4H3. The zero-order valence-corrected chi connectivity index (χ0v) is 18.2. The summed E-state index contributed by atoms with van der Waals surface area (Å²) in [6, 6.07) is 0. The topological polar surface area (TPSA) is 105 Å². The third-order valence-electron chi connectivity index (χ3n) is 5.31. The normalized spacial score (nSPS) is 22.0. The largest absolute Gasteiger partial charge is 0.495 e. The first kappa shape index (κ1) is 23.3. The summed E-state index contributed by atoms with van der Waals surface area (Å²) in [5, 5.41) is -0.776. The first-order chi connectivity index (χ1) is 12.0. The van der Waals surface area contributed by atoms with E-state index < -0.39 is 34.0 Å². The van der Waals surface area contributed by atoms with E-state index in [0.29, 0.717) is 18.8 Å². The van der Waals surface area contributed by atoms with Gasteiger partial charge in [0.1, 0.15) is 0 Å². The van der Waals surface area contributed by atoms with Crippen molar-refractivity contribution in [3.8, 4) is 0 Å². The highest BCUT2D eigenvalue weighted by Gasteiger charge is 2.52. The molecule has 0 radical (unpaired) electrons. The molecule has 0 aliphatic heterocycles. The second kappa shape index (κ2) is 9.47. The minimum absolute atomic E-state index is 0.431. The lowest BCUT2D eigenvalue weighted by Crippen LogP contribution is -2.43. The Morgan fingerprint density at radius 1 is 0.962 bits per heavy atom. The molecule has 0 N–H and O–H groups in total. The molecule has 6 nitrogen and oxygen atoms in total. The molecule has 1 rings (SSSR count). The van der Waals surface area contributed by atoms with E-state index in [1.165, 1.54) is 52.9 Å². The molecule has 0 saturated heterocycles. The Balaban J connectivity index is 2.72. The van der Waals surface area contributed by atoms with Gasteiger partial charge in [0.05, 0.1) is 10.00 Å². The van der Waals surface area contributed by atoms with Crippen molar-refractivity contribution in [3.63, 3.8) is 0 Å². The van der Waals surface area contributed by atoms with Crippen LogP contribution >= 0.6 is 0 Å². The van der Waals surface area contributed by atoms with Crippen molar-refractivity contribution in [2.24, 2.45) is 5.92 Å². The van der Waals surface area contributed by atoms with Gasteiger partial charge in [0.25, 0.3) is 19.7 Å². The average molecular weight is 407 g/mol. The van der Waals surface area contributed by atoms with Crippen LogP contribution in [-0.2, 0) is 19.7 Å². The minimum Gasteiger partial charge on any atom is -0.359 e. The fraction of sp³-hybridized carbons (Fsp3) is 0.944. The predicted molar refractivity (Wildman–Crippen MR) is 105 cm³/mol. The lowest BCUT2D eigenvalue weighted by molar-refractivity contribution is 0.00355. The van der Waals surface area contributed by atoms with E-state index in [9.17, 15) is 16.8 Å². The number of unbranched alkanes of at least 4 members (excludes halogenated alkanes) is 4. The Kier molecular flexibility index (Phi) is 8.49. The van der Waals surface area contributed by atoms with Gasteiger partial charge in [0.2, 0.25) is 0 Å². The molecule has 152 valence electrons. The number of hydrogen-bond donors (Lipinski definition) is 0. The van der Waals surface area contributed by atoms with Gasteiger partial charge in [-0.15, -0.1) is 4.79 Å². The summed E-state index contributed by atoms with van der Waals surface area (Å²) in [4.78, 5) is 2.71. The second-order valence-electron chi connectivity index (χ2n) is 8.37. The van der Waals surface area contributed by atoms with Gasteiger partial charge in [-0.2, -0.15) is 0 Å². The van der Waals surface area contributed by atoms with Crippen LogP contribution < -0.4 is 0 Å². The molecular weight excluding hydrogens is 372 g/mol. The third-order valence-corrected chi connectivity index (χ3v) is 10.7. The van der Waals surface area contributed by atoms with Crippen molar-refractivity contribution < 1.29 is 21.6 Å². The number of rotatable bonds is 7. The van der Waals surface area contributed by atoms with Crippen molar-refractivity contribution in [1.29, 1.82) is 0 Å². The van der Waals surface area contributed by atoms with Crippen LogP contribution in [0.3, 0.4) is 0 Å². The van der Waals surface area contributed by atoms with E-state index in [0.717, 1.165) is 19.3 Å². The van der Waals surface area contributed by atoms with Crippen molar-refractivity contribution >= 4 is 24.1 Å². The van der Waals surface area contributed by atoms with Gasteiger partial charge in [-0.1, -0.05) is 45.4 Å². The fourth-order valence-electron chi connectivity index (χ4n) is 3.44. The minimum atomic E-state index is -4.22. The van der Waals surface area contributed by atoms with Gasteiger partial charge in [0, 0.05) is 0 Å². The van der Waals surface area contributed by atoms with E-state index in [1.807, 2.05) is 0 Å². The van der Waals surface area contributed by atoms with Gasteiger partial charge in [-0.3, -0.25) is 0 Å². The van der Waals surface area contributed by atoms with Crippen LogP contribution in [0.4, 0.5) is 0 Å². The summed E-state index contributed by atoms with van der Waals surface area (Å²) in [5.74, 6) is 0.511. The molecule has 0 aromatic heterocycles. The van der Waals surface area contributed by atoms with Crippen molar-refractivity contribution in [3.05, 3.63) is 5.53 Å². The molecule has 0 amide bonds. The maximum Gasteiger partial charge on any atom is 0.495 e. The van der Waals surface area contributed by atoms with Gasteiger partial charge in [-0.25, -0.2) is 16.8 Å². The molecule has 1 saturated carbocycles. The van der Waals surface area contributed by atoms with Crippen LogP contribution in [0, 0.1) is 5.92 Å². The fourth-order valence-corrected chi connectivity index (χ4v) is 7.74. The van der Waals surface area contributed by atoms with Crippen LogP contribution in [0.1, 0.15) is 91.9 Å². The molecule has 1 aliphatic rings. The van der Waals surface area contributed by atoms with Crippen LogP contribution in [0.5, 0.6) is 0 Å². The lowest BCUT2D eigenvalue weighted by atomic mass is 9.85. The average Bonchev–Trinajstić information content (AvgIpc) is 2.54. The number of sulfone groups is 2. The molecule has 0 bridgehead atoms. The van der Waals surface area contributed by atoms with E-state index >= 15 is 0 Å². The molecule has 0 unspecified atom stereocenters. The second-order valence-corrected chi connectivity index (χ2v) is 13.4. The summed E-state index contributed by atoms with van der Waals surface area (Å²) in [7, 11) is -8.38. The molecule has 26 heavy (non-hydrogen) atoms. The molecule has 0 heterocycles. The van der Waals surface area contributed by atoms with Crippen molar-refractivity contribution in [2.75, 3.05) is 0 Å². The summed E-state index contributed by atoms with van der Waals surface area (Å²) < 4.78 is 48.1. The molecule has 0 aromatic carbocycles. The molecule has 8 heteroatoms. The smallest absolute Gasteiger partial charge is 0.359 e. The molecule has 0 aromatic rings. The van der Waals surface area contributed by atoms with Crippen LogP contribution in [0.25, 0.3) is 5.53 Å². The molecule has 0 spiro atoms. The maximum absolute atomic E-state index is 12.8. The van der Waals surface area contributed by atoms with Crippen LogP contribution in [0.15, 0.2) is 0 Å². The predicted octanol–water partition coefficient (Wildman–Crippen LogP) is 4.12. The monoisotopic (exact) mass is 406 g/mol. The first-order valence-corrected chi connectivity index (χ1v) is 12.7. The Hall–Kier alpha value is -0.720. The van der Waals surface area contributed by atoms with Crippen LogP contribution in [0.2, 0.25) is 0 Å². The van der Waals surface area contributed by atoms with Gasteiger partial charge in [0.15, 0.2) is 0 Å². The SMILES string of the molecule is CCCCCCCC1CCC(S(=O)(=O)C(=[N+]=[N-])S(=O)(=O)C(C)(C)C)CC1. The summed E-state index contributed by atoms with van der Waals surface area (Å²) in [6.07, 6.45) is 9.66. The first-order valence-electron chi connectivity index (χ1n) is 9.69. The molecule has 1 fully saturated rings. The summed E-state index contributed by atoms with van der Waals surface area (Å²) in [5.41, 5.74) is 9.16. The molecular formula is C18H34N2O4S2. The van der Waals surface area contributed by atoms with Crippen molar-refractivity contribution in [1.82, 2.24) is 0 Å². The quantitative estimate of drug-likeness (QED) is 0.208. The highest BCUT2D eigenvalue weighted by molar-refractivity contribution is 8.31. The molecule has 0 atom stereocenters. The summed E-state index contributed by atoms with van der Waals surface area (Å²) >= 11 is 0. The van der Waals surface area contributed by atoms with E-state index in [1.54, 1.807) is 0 Å². The van der Waals surface area contributed by atoms with E-state index in [2.05, 4.69) is 11.7 Å². The maximum atomic E-state index is 12.8. The molecule has 1 aliphatic carbocycles. The van der Waals surface area contributed by atoms with Crippen LogP contribution in [-0.4, -0.2) is 36.0 Å². The zero-order valence-electron chi connectivity index (χ0n) is 16.6. The zero-order chi connectivity index (χ0) is 20.0. The van der Waals surface area contributed by atoms with E-state index in [-0.39, 0.29) is 0 Å². The highest BCUT2D eigenvalue weighted by Crippen LogP contribution is 2.33. The lowest BCUT2D eigenvalue weighted by Gasteiger charge is -2.27. The highest BCUT2D eigenvalue weighted by atomic mass is 32.3.